The highest BCUT2D eigenvalue weighted by atomic mass is 19.1. The van der Waals surface area contributed by atoms with Crippen LogP contribution in [0.2, 0.25) is 0 Å². The molecule has 1 aliphatic heterocycles. The third-order valence-corrected chi connectivity index (χ3v) is 1.96. The van der Waals surface area contributed by atoms with Crippen molar-refractivity contribution in [2.45, 2.75) is 6.04 Å². The van der Waals surface area contributed by atoms with E-state index >= 15 is 0 Å². The van der Waals surface area contributed by atoms with Crippen LogP contribution in [0, 0.1) is 5.82 Å². The number of hydrogen-bond donors (Lipinski definition) is 2. The monoisotopic (exact) mass is 194 g/mol. The van der Waals surface area contributed by atoms with Gasteiger partial charge in [-0.05, 0) is 17.7 Å². The summed E-state index contributed by atoms with van der Waals surface area (Å²) in [7, 11) is 0. The molecule has 0 spiro atoms. The highest BCUT2D eigenvalue weighted by molar-refractivity contribution is 6.04. The van der Waals surface area contributed by atoms with E-state index in [1.807, 2.05) is 0 Å². The van der Waals surface area contributed by atoms with Crippen LogP contribution in [0.15, 0.2) is 24.3 Å². The Balaban J connectivity index is 2.31. The van der Waals surface area contributed by atoms with Crippen LogP contribution < -0.4 is 10.6 Å². The molecule has 1 aromatic rings. The molecule has 3 amide bonds. The van der Waals surface area contributed by atoms with Gasteiger partial charge in [-0.25, -0.2) is 9.18 Å². The van der Waals surface area contributed by atoms with Crippen molar-refractivity contribution in [3.8, 4) is 0 Å². The number of carbonyl (C=O) groups excluding carboxylic acids is 2. The van der Waals surface area contributed by atoms with Gasteiger partial charge in [-0.3, -0.25) is 10.1 Å². The molecule has 2 N–H and O–H groups in total. The Morgan fingerprint density at radius 3 is 2.64 bits per heavy atom. The van der Waals surface area contributed by atoms with Gasteiger partial charge in [0.2, 0.25) is 0 Å². The minimum atomic E-state index is -0.779. The molecule has 0 aromatic heterocycles. The van der Waals surface area contributed by atoms with Gasteiger partial charge in [0.1, 0.15) is 11.9 Å². The smallest absolute Gasteiger partial charge is 0.322 e. The fourth-order valence-electron chi connectivity index (χ4n) is 1.34. The molecule has 14 heavy (non-hydrogen) atoms. The molecule has 0 radical (unpaired) electrons. The van der Waals surface area contributed by atoms with E-state index in [0.717, 1.165) is 0 Å². The lowest BCUT2D eigenvalue weighted by Gasteiger charge is -2.06. The van der Waals surface area contributed by atoms with Crippen LogP contribution in [-0.2, 0) is 4.79 Å². The van der Waals surface area contributed by atoms with Gasteiger partial charge < -0.3 is 5.32 Å². The molecule has 0 aliphatic carbocycles. The highest BCUT2D eigenvalue weighted by Gasteiger charge is 2.30. The minimum absolute atomic E-state index is 0.434. The van der Waals surface area contributed by atoms with Crippen molar-refractivity contribution >= 4 is 11.9 Å². The Kier molecular flexibility index (Phi) is 1.92. The molecule has 2 rings (SSSR count). The molecule has 1 saturated heterocycles. The van der Waals surface area contributed by atoms with E-state index < -0.39 is 23.8 Å². The van der Waals surface area contributed by atoms with Crippen LogP contribution in [0.3, 0.4) is 0 Å². The standard InChI is InChI=1S/C9H7FN2O2/c10-6-3-1-2-5(4-6)7-8(13)12-9(14)11-7/h1-4,7H,(H2,11,12,13,14). The van der Waals surface area contributed by atoms with Crippen molar-refractivity contribution in [1.82, 2.24) is 10.6 Å². The second kappa shape index (κ2) is 3.10. The maximum absolute atomic E-state index is 12.8. The lowest BCUT2D eigenvalue weighted by Crippen LogP contribution is -2.22. The van der Waals surface area contributed by atoms with E-state index in [2.05, 4.69) is 10.6 Å². The Labute approximate surface area is 79.1 Å². The summed E-state index contributed by atoms with van der Waals surface area (Å²) < 4.78 is 12.8. The SMILES string of the molecule is O=C1NC(=O)C(c2cccc(F)c2)N1. The van der Waals surface area contributed by atoms with Gasteiger partial charge in [0.15, 0.2) is 0 Å². The fraction of sp³-hybridized carbons (Fsp3) is 0.111. The lowest BCUT2D eigenvalue weighted by molar-refractivity contribution is -0.120. The van der Waals surface area contributed by atoms with Crippen molar-refractivity contribution in [3.05, 3.63) is 35.6 Å². The quantitative estimate of drug-likeness (QED) is 0.647. The molecule has 72 valence electrons. The first-order valence-electron chi connectivity index (χ1n) is 4.03. The zero-order valence-corrected chi connectivity index (χ0v) is 7.08. The molecule has 1 aliphatic rings. The van der Waals surface area contributed by atoms with Gasteiger partial charge in [0, 0.05) is 0 Å². The summed E-state index contributed by atoms with van der Waals surface area (Å²) in [6, 6.07) is 4.23. The van der Waals surface area contributed by atoms with Crippen molar-refractivity contribution in [1.29, 1.82) is 0 Å². The first kappa shape index (κ1) is 8.68. The second-order valence-corrected chi connectivity index (χ2v) is 2.95. The second-order valence-electron chi connectivity index (χ2n) is 2.95. The maximum atomic E-state index is 12.8. The number of hydrogen-bond acceptors (Lipinski definition) is 2. The maximum Gasteiger partial charge on any atom is 0.322 e. The third kappa shape index (κ3) is 1.44. The molecule has 1 unspecified atom stereocenters. The van der Waals surface area contributed by atoms with Crippen molar-refractivity contribution < 1.29 is 14.0 Å². The summed E-state index contributed by atoms with van der Waals surface area (Å²) >= 11 is 0. The lowest BCUT2D eigenvalue weighted by atomic mass is 10.1. The predicted molar refractivity (Wildman–Crippen MR) is 45.8 cm³/mol. The Morgan fingerprint density at radius 1 is 1.29 bits per heavy atom. The highest BCUT2D eigenvalue weighted by Crippen LogP contribution is 2.16. The van der Waals surface area contributed by atoms with Crippen LogP contribution in [0.4, 0.5) is 9.18 Å². The van der Waals surface area contributed by atoms with Crippen LogP contribution in [-0.4, -0.2) is 11.9 Å². The van der Waals surface area contributed by atoms with Crippen LogP contribution in [0.5, 0.6) is 0 Å². The van der Waals surface area contributed by atoms with E-state index in [0.29, 0.717) is 5.56 Å². The summed E-state index contributed by atoms with van der Waals surface area (Å²) in [5.74, 6) is -0.892. The molecule has 5 heteroatoms. The molecule has 0 saturated carbocycles. The zero-order valence-electron chi connectivity index (χ0n) is 7.08. The van der Waals surface area contributed by atoms with Gasteiger partial charge in [0.25, 0.3) is 5.91 Å². The Bertz CT molecular complexity index is 406. The number of benzene rings is 1. The first-order chi connectivity index (χ1) is 6.66. The Hall–Kier alpha value is -1.91. The Morgan fingerprint density at radius 2 is 2.07 bits per heavy atom. The topological polar surface area (TPSA) is 58.2 Å². The number of urea groups is 1. The normalized spacial score (nSPS) is 20.5. The van der Waals surface area contributed by atoms with E-state index in [-0.39, 0.29) is 0 Å². The average molecular weight is 194 g/mol. The van der Waals surface area contributed by atoms with E-state index in [4.69, 9.17) is 0 Å². The summed E-state index contributed by atoms with van der Waals surface area (Å²) in [6.07, 6.45) is 0. The molecule has 4 nitrogen and oxygen atoms in total. The van der Waals surface area contributed by atoms with Crippen LogP contribution in [0.25, 0.3) is 0 Å². The summed E-state index contributed by atoms with van der Waals surface area (Å²) in [4.78, 5) is 22.0. The molecule has 0 bridgehead atoms. The number of imide groups is 1. The average Bonchev–Trinajstić information content (AvgIpc) is 2.45. The van der Waals surface area contributed by atoms with E-state index in [1.165, 1.54) is 18.2 Å². The van der Waals surface area contributed by atoms with Gasteiger partial charge in [0.05, 0.1) is 0 Å². The first-order valence-corrected chi connectivity index (χ1v) is 4.03. The number of carbonyl (C=O) groups is 2. The van der Waals surface area contributed by atoms with Crippen LogP contribution in [0.1, 0.15) is 11.6 Å². The number of nitrogens with one attached hydrogen (secondary N) is 2. The van der Waals surface area contributed by atoms with Crippen LogP contribution >= 0.6 is 0 Å². The van der Waals surface area contributed by atoms with Gasteiger partial charge >= 0.3 is 6.03 Å². The summed E-state index contributed by atoms with van der Waals surface area (Å²) in [6.45, 7) is 0. The molecule has 1 heterocycles. The summed E-state index contributed by atoms with van der Waals surface area (Å²) in [5.41, 5.74) is 0.438. The van der Waals surface area contributed by atoms with Crippen molar-refractivity contribution in [2.75, 3.05) is 0 Å². The minimum Gasteiger partial charge on any atom is -0.322 e. The largest absolute Gasteiger partial charge is 0.322 e. The zero-order chi connectivity index (χ0) is 10.1. The van der Waals surface area contributed by atoms with Crippen molar-refractivity contribution in [3.63, 3.8) is 0 Å². The van der Waals surface area contributed by atoms with Gasteiger partial charge in [-0.1, -0.05) is 12.1 Å². The number of halogens is 1. The number of amides is 3. The molecular formula is C9H7FN2O2. The number of rotatable bonds is 1. The molecule has 1 atom stereocenters. The summed E-state index contributed by atoms with van der Waals surface area (Å²) in [5, 5.41) is 4.45. The molecular weight excluding hydrogens is 187 g/mol. The van der Waals surface area contributed by atoms with Gasteiger partial charge in [-0.15, -0.1) is 0 Å². The van der Waals surface area contributed by atoms with E-state index in [9.17, 15) is 14.0 Å². The molecule has 1 fully saturated rings. The van der Waals surface area contributed by atoms with E-state index in [1.54, 1.807) is 6.07 Å². The molecule has 1 aromatic carbocycles. The predicted octanol–water partition coefficient (Wildman–Crippen LogP) is 0.706. The van der Waals surface area contributed by atoms with Gasteiger partial charge in [-0.2, -0.15) is 0 Å². The third-order valence-electron chi connectivity index (χ3n) is 1.96. The fourth-order valence-corrected chi connectivity index (χ4v) is 1.34. The van der Waals surface area contributed by atoms with Crippen molar-refractivity contribution in [2.24, 2.45) is 0 Å².